The Hall–Kier alpha value is -3.58. The number of nitrogens with one attached hydrogen (secondary N) is 1. The molecule has 144 valence electrons. The smallest absolute Gasteiger partial charge is 0.255 e. The van der Waals surface area contributed by atoms with Crippen LogP contribution < -0.4 is 10.1 Å². The van der Waals surface area contributed by atoms with Gasteiger partial charge in [-0.2, -0.15) is 5.10 Å². The number of hydrogen-bond donors (Lipinski definition) is 1. The lowest BCUT2D eigenvalue weighted by Crippen LogP contribution is -2.11. The molecule has 0 atom stereocenters. The summed E-state index contributed by atoms with van der Waals surface area (Å²) >= 11 is 1.60. The number of amides is 1. The van der Waals surface area contributed by atoms with E-state index in [2.05, 4.69) is 20.5 Å². The van der Waals surface area contributed by atoms with E-state index < -0.39 is 0 Å². The van der Waals surface area contributed by atoms with Crippen molar-refractivity contribution in [3.05, 3.63) is 82.3 Å². The number of nitrogens with zero attached hydrogens (tertiary/aromatic N) is 3. The second kappa shape index (κ2) is 8.20. The first-order valence-electron chi connectivity index (χ1n) is 8.99. The second-order valence-corrected chi connectivity index (χ2v) is 7.49. The molecule has 0 aliphatic rings. The normalized spacial score (nSPS) is 10.6. The SMILES string of the molecule is Cc1ccc(Oc2cccc(C(=O)Nc3cccc(-c4csc(C)n4)c3)c2)nn1. The van der Waals surface area contributed by atoms with Crippen molar-refractivity contribution in [2.45, 2.75) is 13.8 Å². The third-order valence-electron chi connectivity index (χ3n) is 4.13. The average molecular weight is 402 g/mol. The minimum Gasteiger partial charge on any atom is -0.438 e. The van der Waals surface area contributed by atoms with Crippen LogP contribution in [-0.2, 0) is 0 Å². The van der Waals surface area contributed by atoms with E-state index in [1.807, 2.05) is 49.6 Å². The molecule has 4 aromatic rings. The van der Waals surface area contributed by atoms with Gasteiger partial charge in [-0.15, -0.1) is 16.4 Å². The van der Waals surface area contributed by atoms with E-state index in [0.29, 0.717) is 22.9 Å². The molecule has 2 heterocycles. The molecular formula is C22H18N4O2S. The molecule has 0 saturated carbocycles. The minimum absolute atomic E-state index is 0.225. The summed E-state index contributed by atoms with van der Waals surface area (Å²) in [6, 6.07) is 18.1. The number of ether oxygens (including phenoxy) is 1. The fourth-order valence-corrected chi connectivity index (χ4v) is 3.34. The number of hydrogen-bond acceptors (Lipinski definition) is 6. The molecule has 0 spiro atoms. The Bertz CT molecular complexity index is 1160. The molecule has 0 aliphatic heterocycles. The van der Waals surface area contributed by atoms with Crippen molar-refractivity contribution in [1.82, 2.24) is 15.2 Å². The summed E-state index contributed by atoms with van der Waals surface area (Å²) in [6.07, 6.45) is 0. The van der Waals surface area contributed by atoms with Crippen LogP contribution in [0.5, 0.6) is 11.6 Å². The lowest BCUT2D eigenvalue weighted by molar-refractivity contribution is 0.102. The minimum atomic E-state index is -0.225. The van der Waals surface area contributed by atoms with Crippen LogP contribution >= 0.6 is 11.3 Å². The second-order valence-electron chi connectivity index (χ2n) is 6.43. The molecule has 7 heteroatoms. The molecule has 0 fully saturated rings. The molecule has 2 aromatic carbocycles. The number of benzene rings is 2. The third kappa shape index (κ3) is 4.64. The monoisotopic (exact) mass is 402 g/mol. The largest absolute Gasteiger partial charge is 0.438 e. The number of carbonyl (C=O) groups excluding carboxylic acids is 1. The fourth-order valence-electron chi connectivity index (χ4n) is 2.72. The van der Waals surface area contributed by atoms with Crippen molar-refractivity contribution in [3.8, 4) is 22.9 Å². The van der Waals surface area contributed by atoms with E-state index in [9.17, 15) is 4.79 Å². The summed E-state index contributed by atoms with van der Waals surface area (Å²) < 4.78 is 5.69. The van der Waals surface area contributed by atoms with Gasteiger partial charge in [0.25, 0.3) is 5.91 Å². The van der Waals surface area contributed by atoms with Gasteiger partial charge in [-0.25, -0.2) is 4.98 Å². The highest BCUT2D eigenvalue weighted by molar-refractivity contribution is 7.09. The molecule has 29 heavy (non-hydrogen) atoms. The quantitative estimate of drug-likeness (QED) is 0.493. The van der Waals surface area contributed by atoms with Crippen molar-refractivity contribution >= 4 is 22.9 Å². The molecule has 6 nitrogen and oxygen atoms in total. The number of anilines is 1. The van der Waals surface area contributed by atoms with Crippen molar-refractivity contribution < 1.29 is 9.53 Å². The van der Waals surface area contributed by atoms with Crippen molar-refractivity contribution in [1.29, 1.82) is 0 Å². The van der Waals surface area contributed by atoms with Crippen LogP contribution in [0.1, 0.15) is 21.1 Å². The summed E-state index contributed by atoms with van der Waals surface area (Å²) in [4.78, 5) is 17.2. The molecular weight excluding hydrogens is 384 g/mol. The van der Waals surface area contributed by atoms with E-state index in [1.165, 1.54) is 0 Å². The van der Waals surface area contributed by atoms with Crippen molar-refractivity contribution in [3.63, 3.8) is 0 Å². The molecule has 1 N–H and O–H groups in total. The van der Waals surface area contributed by atoms with Crippen LogP contribution in [-0.4, -0.2) is 21.1 Å². The van der Waals surface area contributed by atoms with Crippen LogP contribution in [0.2, 0.25) is 0 Å². The lowest BCUT2D eigenvalue weighted by Gasteiger charge is -2.09. The number of aromatic nitrogens is 3. The summed E-state index contributed by atoms with van der Waals surface area (Å²) in [5.41, 5.74) is 3.85. The van der Waals surface area contributed by atoms with E-state index in [1.54, 1.807) is 41.7 Å². The van der Waals surface area contributed by atoms with Gasteiger partial charge in [0.1, 0.15) is 5.75 Å². The maximum atomic E-state index is 12.7. The van der Waals surface area contributed by atoms with Gasteiger partial charge >= 0.3 is 0 Å². The molecule has 0 radical (unpaired) electrons. The topological polar surface area (TPSA) is 77.0 Å². The first-order valence-corrected chi connectivity index (χ1v) is 9.87. The van der Waals surface area contributed by atoms with Gasteiger partial charge < -0.3 is 10.1 Å². The highest BCUT2D eigenvalue weighted by Gasteiger charge is 2.10. The molecule has 0 bridgehead atoms. The fraction of sp³-hybridized carbons (Fsp3) is 0.0909. The Morgan fingerprint density at radius 2 is 1.86 bits per heavy atom. The summed E-state index contributed by atoms with van der Waals surface area (Å²) in [7, 11) is 0. The Balaban J connectivity index is 1.49. The van der Waals surface area contributed by atoms with Gasteiger partial charge in [-0.1, -0.05) is 18.2 Å². The molecule has 1 amide bonds. The Morgan fingerprint density at radius 3 is 2.62 bits per heavy atom. The van der Waals surface area contributed by atoms with Crippen molar-refractivity contribution in [2.75, 3.05) is 5.32 Å². The first kappa shape index (κ1) is 18.8. The number of carbonyl (C=O) groups is 1. The van der Waals surface area contributed by atoms with Gasteiger partial charge in [-0.3, -0.25) is 4.79 Å². The number of thiazole rings is 1. The van der Waals surface area contributed by atoms with E-state index in [0.717, 1.165) is 22.0 Å². The first-order chi connectivity index (χ1) is 14.1. The third-order valence-corrected chi connectivity index (χ3v) is 4.90. The lowest BCUT2D eigenvalue weighted by atomic mass is 10.1. The van der Waals surface area contributed by atoms with Crippen LogP contribution in [0, 0.1) is 13.8 Å². The van der Waals surface area contributed by atoms with Gasteiger partial charge in [0.2, 0.25) is 5.88 Å². The predicted octanol–water partition coefficient (Wildman–Crippen LogP) is 5.26. The van der Waals surface area contributed by atoms with E-state index in [4.69, 9.17) is 4.74 Å². The number of aryl methyl sites for hydroxylation is 2. The molecule has 4 rings (SSSR count). The maximum absolute atomic E-state index is 12.7. The Labute approximate surface area is 172 Å². The Kier molecular flexibility index (Phi) is 5.31. The van der Waals surface area contributed by atoms with Crippen LogP contribution in [0.4, 0.5) is 5.69 Å². The van der Waals surface area contributed by atoms with Gasteiger partial charge in [0.05, 0.1) is 16.4 Å². The summed E-state index contributed by atoms with van der Waals surface area (Å²) in [5, 5.41) is 13.9. The summed E-state index contributed by atoms with van der Waals surface area (Å²) in [6.45, 7) is 3.82. The average Bonchev–Trinajstić information content (AvgIpc) is 3.17. The molecule has 0 unspecified atom stereocenters. The zero-order valence-corrected chi connectivity index (χ0v) is 16.7. The molecule has 0 aliphatic carbocycles. The maximum Gasteiger partial charge on any atom is 0.255 e. The standard InChI is InChI=1S/C22H18N4O2S/c1-14-9-10-21(26-25-14)28-19-8-4-6-17(12-19)22(27)24-18-7-3-5-16(11-18)20-13-29-15(2)23-20/h3-13H,1-2H3,(H,24,27). The summed E-state index contributed by atoms with van der Waals surface area (Å²) in [5.74, 6) is 0.666. The van der Waals surface area contributed by atoms with Gasteiger partial charge in [0, 0.05) is 28.3 Å². The zero-order chi connectivity index (χ0) is 20.2. The molecule has 2 aromatic heterocycles. The molecule has 0 saturated heterocycles. The van der Waals surface area contributed by atoms with Crippen molar-refractivity contribution in [2.24, 2.45) is 0 Å². The van der Waals surface area contributed by atoms with Gasteiger partial charge in [-0.05, 0) is 50.2 Å². The highest BCUT2D eigenvalue weighted by Crippen LogP contribution is 2.25. The highest BCUT2D eigenvalue weighted by atomic mass is 32.1. The predicted molar refractivity (Wildman–Crippen MR) is 114 cm³/mol. The van der Waals surface area contributed by atoms with Crippen LogP contribution in [0.15, 0.2) is 66.0 Å². The van der Waals surface area contributed by atoms with Gasteiger partial charge in [0.15, 0.2) is 0 Å². The number of rotatable bonds is 5. The van der Waals surface area contributed by atoms with Crippen LogP contribution in [0.25, 0.3) is 11.3 Å². The van der Waals surface area contributed by atoms with E-state index >= 15 is 0 Å². The zero-order valence-electron chi connectivity index (χ0n) is 15.9. The van der Waals surface area contributed by atoms with Crippen LogP contribution in [0.3, 0.4) is 0 Å². The Morgan fingerprint density at radius 1 is 1.00 bits per heavy atom. The van der Waals surface area contributed by atoms with E-state index in [-0.39, 0.29) is 5.91 Å².